The summed E-state index contributed by atoms with van der Waals surface area (Å²) in [6, 6.07) is 12.3. The lowest BCUT2D eigenvalue weighted by molar-refractivity contribution is 0.568. The summed E-state index contributed by atoms with van der Waals surface area (Å²) in [6.45, 7) is 1.75. The lowest BCUT2D eigenvalue weighted by Crippen LogP contribution is -2.31. The van der Waals surface area contributed by atoms with Crippen LogP contribution >= 0.6 is 0 Å². The van der Waals surface area contributed by atoms with Crippen LogP contribution in [0.5, 0.6) is 0 Å². The predicted octanol–water partition coefficient (Wildman–Crippen LogP) is 4.44. The van der Waals surface area contributed by atoms with Crippen LogP contribution < -0.4 is 15.1 Å². The summed E-state index contributed by atoms with van der Waals surface area (Å²) in [7, 11) is 4.10. The molecule has 30 heavy (non-hydrogen) atoms. The van der Waals surface area contributed by atoms with Crippen molar-refractivity contribution in [2.45, 2.75) is 13.0 Å². The van der Waals surface area contributed by atoms with Gasteiger partial charge in [0.15, 0.2) is 0 Å². The van der Waals surface area contributed by atoms with Crippen LogP contribution in [0.1, 0.15) is 11.4 Å². The van der Waals surface area contributed by atoms with Crippen molar-refractivity contribution < 1.29 is 4.42 Å². The average molecular weight is 400 g/mol. The number of hydrogen-bond acceptors (Lipinski definition) is 6. The summed E-state index contributed by atoms with van der Waals surface area (Å²) < 4.78 is 5.17. The number of H-pyrrole nitrogens is 1. The molecule has 3 aromatic heterocycles. The molecule has 0 unspecified atom stereocenters. The van der Waals surface area contributed by atoms with Gasteiger partial charge in [-0.05, 0) is 23.8 Å². The summed E-state index contributed by atoms with van der Waals surface area (Å²) in [5, 5.41) is 3.44. The molecule has 0 fully saturated rings. The summed E-state index contributed by atoms with van der Waals surface area (Å²) in [5.74, 6) is 0.821. The third kappa shape index (κ3) is 3.50. The van der Waals surface area contributed by atoms with E-state index in [2.05, 4.69) is 60.4 Å². The highest BCUT2D eigenvalue weighted by atomic mass is 16.3. The second-order valence-corrected chi connectivity index (χ2v) is 7.67. The van der Waals surface area contributed by atoms with Gasteiger partial charge in [0, 0.05) is 44.4 Å². The maximum Gasteiger partial charge on any atom is 0.132 e. The van der Waals surface area contributed by atoms with Gasteiger partial charge in [-0.1, -0.05) is 12.1 Å². The molecular weight excluding hydrogens is 376 g/mol. The zero-order valence-corrected chi connectivity index (χ0v) is 17.1. The van der Waals surface area contributed by atoms with Crippen LogP contribution in [0.25, 0.3) is 11.1 Å². The molecule has 1 aliphatic rings. The third-order valence-corrected chi connectivity index (χ3v) is 5.47. The minimum atomic E-state index is 0.818. The number of anilines is 4. The molecule has 1 aromatic carbocycles. The van der Waals surface area contributed by atoms with E-state index in [-0.39, 0.29) is 0 Å². The van der Waals surface area contributed by atoms with Gasteiger partial charge in [0.25, 0.3) is 0 Å². The van der Waals surface area contributed by atoms with Gasteiger partial charge in [0.2, 0.25) is 0 Å². The van der Waals surface area contributed by atoms with Crippen molar-refractivity contribution >= 4 is 22.9 Å². The molecular formula is C23H24N6O. The van der Waals surface area contributed by atoms with Crippen molar-refractivity contribution in [3.05, 3.63) is 72.8 Å². The third-order valence-electron chi connectivity index (χ3n) is 5.47. The van der Waals surface area contributed by atoms with E-state index in [4.69, 9.17) is 4.42 Å². The van der Waals surface area contributed by atoms with Crippen LogP contribution in [-0.2, 0) is 13.0 Å². The lowest BCUT2D eigenvalue weighted by Gasteiger charge is -2.31. The number of furan rings is 1. The van der Waals surface area contributed by atoms with Crippen molar-refractivity contribution in [1.29, 1.82) is 0 Å². The first-order valence-electron chi connectivity index (χ1n) is 10.0. The Morgan fingerprint density at radius 1 is 1.10 bits per heavy atom. The Hall–Kier alpha value is -3.74. The summed E-state index contributed by atoms with van der Waals surface area (Å²) >= 11 is 0. The maximum atomic E-state index is 5.17. The SMILES string of the molecule is CN(C)c1cnc(Nc2ccc(-c3ccoc3)cc2)cc1N1CCc2nc[nH]c2C1. The van der Waals surface area contributed by atoms with Gasteiger partial charge < -0.3 is 24.5 Å². The Balaban J connectivity index is 1.40. The van der Waals surface area contributed by atoms with Gasteiger partial charge in [0.05, 0.1) is 54.4 Å². The maximum absolute atomic E-state index is 5.17. The second kappa shape index (κ2) is 7.59. The highest BCUT2D eigenvalue weighted by Gasteiger charge is 2.22. The standard InChI is InChI=1S/C23H24N6O/c1-28(2)22-12-24-23(11-21(22)29-9-7-19-20(13-29)26-15-25-19)27-18-5-3-16(4-6-18)17-8-10-30-14-17/h3-6,8,10-12,14-15H,7,9,13H2,1-2H3,(H,24,27)(H,25,26). The number of fused-ring (bicyclic) bond motifs is 1. The van der Waals surface area contributed by atoms with E-state index < -0.39 is 0 Å². The molecule has 0 aliphatic carbocycles. The first kappa shape index (κ1) is 18.3. The molecule has 4 aromatic rings. The zero-order chi connectivity index (χ0) is 20.5. The molecule has 0 amide bonds. The van der Waals surface area contributed by atoms with Crippen LogP contribution in [0.4, 0.5) is 22.9 Å². The number of imidazole rings is 1. The molecule has 2 N–H and O–H groups in total. The fourth-order valence-electron chi connectivity index (χ4n) is 3.84. The van der Waals surface area contributed by atoms with Crippen molar-refractivity contribution in [3.63, 3.8) is 0 Å². The highest BCUT2D eigenvalue weighted by molar-refractivity contribution is 5.75. The molecule has 4 heterocycles. The van der Waals surface area contributed by atoms with E-state index in [9.17, 15) is 0 Å². The molecule has 1 aliphatic heterocycles. The minimum Gasteiger partial charge on any atom is -0.472 e. The smallest absolute Gasteiger partial charge is 0.132 e. The van der Waals surface area contributed by atoms with Gasteiger partial charge in [-0.25, -0.2) is 9.97 Å². The monoisotopic (exact) mass is 400 g/mol. The molecule has 152 valence electrons. The van der Waals surface area contributed by atoms with Crippen molar-refractivity contribution in [2.75, 3.05) is 35.8 Å². The van der Waals surface area contributed by atoms with E-state index in [1.807, 2.05) is 26.4 Å². The second-order valence-electron chi connectivity index (χ2n) is 7.67. The van der Waals surface area contributed by atoms with E-state index in [1.54, 1.807) is 18.9 Å². The van der Waals surface area contributed by atoms with Gasteiger partial charge in [-0.15, -0.1) is 0 Å². The van der Waals surface area contributed by atoms with Gasteiger partial charge in [-0.3, -0.25) is 0 Å². The van der Waals surface area contributed by atoms with E-state index in [0.717, 1.165) is 53.5 Å². The fourth-order valence-corrected chi connectivity index (χ4v) is 3.84. The number of nitrogens with zero attached hydrogens (tertiary/aromatic N) is 4. The van der Waals surface area contributed by atoms with E-state index >= 15 is 0 Å². The quantitative estimate of drug-likeness (QED) is 0.516. The fraction of sp³-hybridized carbons (Fsp3) is 0.217. The largest absolute Gasteiger partial charge is 0.472 e. The molecule has 0 radical (unpaired) electrons. The average Bonchev–Trinajstić information content (AvgIpc) is 3.45. The van der Waals surface area contributed by atoms with Crippen molar-refractivity contribution in [3.8, 4) is 11.1 Å². The van der Waals surface area contributed by atoms with Gasteiger partial charge >= 0.3 is 0 Å². The Morgan fingerprint density at radius 2 is 1.97 bits per heavy atom. The molecule has 5 rings (SSSR count). The van der Waals surface area contributed by atoms with Crippen molar-refractivity contribution in [2.24, 2.45) is 0 Å². The van der Waals surface area contributed by atoms with Crippen LogP contribution in [0.2, 0.25) is 0 Å². The summed E-state index contributed by atoms with van der Waals surface area (Å²) in [6.07, 6.45) is 8.09. The van der Waals surface area contributed by atoms with E-state index in [1.165, 1.54) is 11.4 Å². The van der Waals surface area contributed by atoms with Crippen LogP contribution in [0.3, 0.4) is 0 Å². The number of aromatic nitrogens is 3. The number of hydrogen-bond donors (Lipinski definition) is 2. The Morgan fingerprint density at radius 3 is 2.73 bits per heavy atom. The van der Waals surface area contributed by atoms with Crippen LogP contribution in [-0.4, -0.2) is 35.6 Å². The van der Waals surface area contributed by atoms with Crippen LogP contribution in [0.15, 0.2) is 65.9 Å². The Kier molecular flexibility index (Phi) is 4.63. The molecule has 7 heteroatoms. The topological polar surface area (TPSA) is 73.2 Å². The number of benzene rings is 1. The number of nitrogens with one attached hydrogen (secondary N) is 2. The van der Waals surface area contributed by atoms with Crippen LogP contribution in [0, 0.1) is 0 Å². The molecule has 0 bridgehead atoms. The Bertz CT molecular complexity index is 1130. The molecule has 0 atom stereocenters. The van der Waals surface area contributed by atoms with Crippen molar-refractivity contribution in [1.82, 2.24) is 15.0 Å². The first-order valence-corrected chi connectivity index (χ1v) is 10.0. The number of pyridine rings is 1. The zero-order valence-electron chi connectivity index (χ0n) is 17.1. The number of rotatable bonds is 5. The highest BCUT2D eigenvalue weighted by Crippen LogP contribution is 2.33. The molecule has 0 saturated carbocycles. The van der Waals surface area contributed by atoms with E-state index in [0.29, 0.717) is 0 Å². The number of aromatic amines is 1. The molecule has 7 nitrogen and oxygen atoms in total. The minimum absolute atomic E-state index is 0.818. The first-order chi connectivity index (χ1) is 14.7. The van der Waals surface area contributed by atoms with Gasteiger partial charge in [-0.2, -0.15) is 0 Å². The van der Waals surface area contributed by atoms with Gasteiger partial charge in [0.1, 0.15) is 5.82 Å². The lowest BCUT2D eigenvalue weighted by atomic mass is 10.1. The predicted molar refractivity (Wildman–Crippen MR) is 119 cm³/mol. The summed E-state index contributed by atoms with van der Waals surface area (Å²) in [4.78, 5) is 16.8. The Labute approximate surface area is 175 Å². The normalized spacial score (nSPS) is 13.2. The molecule has 0 spiro atoms. The summed E-state index contributed by atoms with van der Waals surface area (Å²) in [5.41, 5.74) is 7.80. The molecule has 0 saturated heterocycles.